The molecule has 0 N–H and O–H groups in total. The van der Waals surface area contributed by atoms with E-state index in [1.54, 1.807) is 9.80 Å². The molecule has 1 aliphatic rings. The minimum Gasteiger partial charge on any atom is -0.377 e. The van der Waals surface area contributed by atoms with Crippen molar-refractivity contribution in [1.82, 2.24) is 50.2 Å². The van der Waals surface area contributed by atoms with Crippen molar-refractivity contribution in [3.05, 3.63) is 60.7 Å². The molecule has 0 unspecified atom stereocenters. The maximum atomic E-state index is 13.1. The van der Waals surface area contributed by atoms with Crippen LogP contribution in [0.4, 0.5) is 0 Å². The Bertz CT molecular complexity index is 1350. The molecule has 46 heavy (non-hydrogen) atoms. The lowest BCUT2D eigenvalue weighted by Crippen LogP contribution is -2.40. The van der Waals surface area contributed by atoms with Gasteiger partial charge in [0.25, 0.3) is 0 Å². The fourth-order valence-electron chi connectivity index (χ4n) is 4.53. The highest BCUT2D eigenvalue weighted by molar-refractivity contribution is 5.76. The second-order valence-electron chi connectivity index (χ2n) is 10.2. The molecular weight excluding hydrogens is 596 g/mol. The van der Waals surface area contributed by atoms with E-state index in [1.807, 2.05) is 60.7 Å². The number of tetrazole rings is 2. The quantitative estimate of drug-likeness (QED) is 0.288. The molecule has 5 rings (SSSR count). The van der Waals surface area contributed by atoms with E-state index < -0.39 is 0 Å². The molecule has 0 saturated carbocycles. The Labute approximate surface area is 266 Å². The highest BCUT2D eigenvalue weighted by atomic mass is 16.5. The topological polar surface area (TPSA) is 165 Å². The average Bonchev–Trinajstić information content (AvgIpc) is 3.75. The van der Waals surface area contributed by atoms with Gasteiger partial charge in [-0.2, -0.15) is 9.59 Å². The molecule has 4 aromatic rings. The van der Waals surface area contributed by atoms with Crippen molar-refractivity contribution < 1.29 is 28.5 Å². The van der Waals surface area contributed by atoms with Crippen LogP contribution in [0.2, 0.25) is 0 Å². The maximum absolute atomic E-state index is 13.1. The summed E-state index contributed by atoms with van der Waals surface area (Å²) in [7, 11) is 0. The zero-order valence-corrected chi connectivity index (χ0v) is 25.6. The van der Waals surface area contributed by atoms with Gasteiger partial charge in [0.05, 0.1) is 52.9 Å². The minimum atomic E-state index is -0.173. The van der Waals surface area contributed by atoms with Crippen LogP contribution in [0.25, 0.3) is 22.8 Å². The second-order valence-corrected chi connectivity index (χ2v) is 10.2. The number of rotatable bonds is 6. The zero-order valence-electron chi connectivity index (χ0n) is 25.6. The molecular formula is C30H38N10O6. The van der Waals surface area contributed by atoms with Gasteiger partial charge in [-0.1, -0.05) is 60.7 Å². The van der Waals surface area contributed by atoms with E-state index in [4.69, 9.17) is 18.9 Å². The number of hydrogen-bond donors (Lipinski definition) is 0. The van der Waals surface area contributed by atoms with Crippen molar-refractivity contribution in [2.24, 2.45) is 0 Å². The molecule has 0 radical (unpaired) electrons. The first-order chi connectivity index (χ1) is 22.7. The lowest BCUT2D eigenvalue weighted by Gasteiger charge is -2.23. The molecule has 2 aromatic heterocycles. The Morgan fingerprint density at radius 1 is 0.522 bits per heavy atom. The first-order valence-corrected chi connectivity index (χ1v) is 15.2. The van der Waals surface area contributed by atoms with Gasteiger partial charge in [-0.15, -0.1) is 20.4 Å². The van der Waals surface area contributed by atoms with Crippen molar-refractivity contribution >= 4 is 11.8 Å². The first kappa shape index (κ1) is 32.7. The summed E-state index contributed by atoms with van der Waals surface area (Å²) in [5.41, 5.74) is 1.65. The van der Waals surface area contributed by atoms with E-state index in [2.05, 4.69) is 30.8 Å². The number of nitrogens with zero attached hydrogens (tertiary/aromatic N) is 10. The van der Waals surface area contributed by atoms with Crippen molar-refractivity contribution in [3.8, 4) is 22.8 Å². The summed E-state index contributed by atoms with van der Waals surface area (Å²) in [4.78, 5) is 32.1. The smallest absolute Gasteiger partial charge is 0.246 e. The summed E-state index contributed by atoms with van der Waals surface area (Å²) in [6, 6.07) is 18.9. The lowest BCUT2D eigenvalue weighted by molar-refractivity contribution is -0.135. The average molecular weight is 635 g/mol. The SMILES string of the molecule is O=C(Cn1nnc(-c2ccccc2)n1)N1CCOCCOCCN(C(=O)Cn2nnc(-c3ccccc3)n2)CCOCCOCC1. The molecule has 0 bridgehead atoms. The van der Waals surface area contributed by atoms with Gasteiger partial charge >= 0.3 is 0 Å². The van der Waals surface area contributed by atoms with Gasteiger partial charge in [-0.05, 0) is 10.4 Å². The summed E-state index contributed by atoms with van der Waals surface area (Å²) in [5, 5.41) is 24.9. The van der Waals surface area contributed by atoms with Gasteiger partial charge in [-0.25, -0.2) is 0 Å². The Morgan fingerprint density at radius 2 is 0.870 bits per heavy atom. The van der Waals surface area contributed by atoms with Crippen LogP contribution < -0.4 is 0 Å². The molecule has 16 heteroatoms. The van der Waals surface area contributed by atoms with E-state index >= 15 is 0 Å². The van der Waals surface area contributed by atoms with Crippen LogP contribution in [0.15, 0.2) is 60.7 Å². The minimum absolute atomic E-state index is 0.0531. The van der Waals surface area contributed by atoms with Gasteiger partial charge in [-0.3, -0.25) is 9.59 Å². The van der Waals surface area contributed by atoms with Crippen LogP contribution in [0.5, 0.6) is 0 Å². The lowest BCUT2D eigenvalue weighted by atomic mass is 10.2. The van der Waals surface area contributed by atoms with Crippen molar-refractivity contribution in [1.29, 1.82) is 0 Å². The van der Waals surface area contributed by atoms with Crippen LogP contribution in [-0.2, 0) is 41.6 Å². The molecule has 2 aromatic carbocycles. The molecule has 0 atom stereocenters. The summed E-state index contributed by atoms with van der Waals surface area (Å²) in [6.45, 7) is 3.98. The zero-order chi connectivity index (χ0) is 31.8. The first-order valence-electron chi connectivity index (χ1n) is 15.2. The molecule has 1 fully saturated rings. The third-order valence-corrected chi connectivity index (χ3v) is 6.99. The summed E-state index contributed by atoms with van der Waals surface area (Å²) < 4.78 is 22.9. The Kier molecular flexibility index (Phi) is 12.6. The van der Waals surface area contributed by atoms with E-state index in [0.29, 0.717) is 90.7 Å². The maximum Gasteiger partial charge on any atom is 0.246 e. The molecule has 1 aliphatic heterocycles. The van der Waals surface area contributed by atoms with Gasteiger partial charge in [0.1, 0.15) is 13.1 Å². The number of carbonyl (C=O) groups excluding carboxylic acids is 2. The summed E-state index contributed by atoms with van der Waals surface area (Å²) in [6.07, 6.45) is 0. The highest BCUT2D eigenvalue weighted by Crippen LogP contribution is 2.13. The van der Waals surface area contributed by atoms with Crippen molar-refractivity contribution in [2.45, 2.75) is 13.1 Å². The molecule has 3 heterocycles. The largest absolute Gasteiger partial charge is 0.377 e. The fourth-order valence-corrected chi connectivity index (χ4v) is 4.53. The fraction of sp³-hybridized carbons (Fsp3) is 0.467. The standard InChI is InChI=1S/C30H38N10O6/c41-27(23-39-33-29(31-35-39)25-7-3-1-4-8-25)37-11-15-43-19-21-45-17-13-38(14-18-46-22-20-44-16-12-37)28(42)24-40-34-30(32-36-40)26-9-5-2-6-10-26/h1-10H,11-24H2. The van der Waals surface area contributed by atoms with Gasteiger partial charge < -0.3 is 28.7 Å². The van der Waals surface area contributed by atoms with Crippen LogP contribution in [0, 0.1) is 0 Å². The number of benzene rings is 2. The molecule has 2 amide bonds. The van der Waals surface area contributed by atoms with Crippen LogP contribution in [0.3, 0.4) is 0 Å². The number of hydrogen-bond acceptors (Lipinski definition) is 12. The highest BCUT2D eigenvalue weighted by Gasteiger charge is 2.18. The Balaban J connectivity index is 1.07. The van der Waals surface area contributed by atoms with Crippen molar-refractivity contribution in [2.75, 3.05) is 79.0 Å². The van der Waals surface area contributed by atoms with E-state index in [0.717, 1.165) is 11.1 Å². The number of carbonyl (C=O) groups is 2. The van der Waals surface area contributed by atoms with E-state index in [9.17, 15) is 9.59 Å². The predicted molar refractivity (Wildman–Crippen MR) is 163 cm³/mol. The molecule has 0 spiro atoms. The third kappa shape index (κ3) is 10.2. The third-order valence-electron chi connectivity index (χ3n) is 6.99. The number of aromatic nitrogens is 8. The molecule has 16 nitrogen and oxygen atoms in total. The van der Waals surface area contributed by atoms with Gasteiger partial charge in [0.15, 0.2) is 0 Å². The number of ether oxygens (including phenoxy) is 4. The normalized spacial score (nSPS) is 16.4. The molecule has 244 valence electrons. The number of amides is 2. The molecule has 1 saturated heterocycles. The monoisotopic (exact) mass is 634 g/mol. The van der Waals surface area contributed by atoms with E-state index in [-0.39, 0.29) is 24.9 Å². The second kappa shape index (κ2) is 17.7. The Hall–Kier alpha value is -4.64. The van der Waals surface area contributed by atoms with Gasteiger partial charge in [0, 0.05) is 37.3 Å². The van der Waals surface area contributed by atoms with Crippen LogP contribution >= 0.6 is 0 Å². The van der Waals surface area contributed by atoms with Crippen LogP contribution in [0.1, 0.15) is 0 Å². The predicted octanol–water partition coefficient (Wildman–Crippen LogP) is 0.431. The molecule has 0 aliphatic carbocycles. The van der Waals surface area contributed by atoms with E-state index in [1.165, 1.54) is 9.59 Å². The summed E-state index contributed by atoms with van der Waals surface area (Å²) >= 11 is 0. The summed E-state index contributed by atoms with van der Waals surface area (Å²) in [5.74, 6) is 0.565. The Morgan fingerprint density at radius 3 is 1.22 bits per heavy atom. The van der Waals surface area contributed by atoms with Gasteiger partial charge in [0.2, 0.25) is 23.5 Å². The van der Waals surface area contributed by atoms with Crippen molar-refractivity contribution in [3.63, 3.8) is 0 Å². The van der Waals surface area contributed by atoms with Crippen LogP contribution in [-0.4, -0.2) is 141 Å².